The van der Waals surface area contributed by atoms with Crippen LogP contribution in [0.1, 0.15) is 49.7 Å². The summed E-state index contributed by atoms with van der Waals surface area (Å²) in [6, 6.07) is 46.3. The van der Waals surface area contributed by atoms with E-state index in [1.165, 1.54) is 44.1 Å². The molecule has 0 radical (unpaired) electrons. The van der Waals surface area contributed by atoms with E-state index in [1.807, 2.05) is 48.5 Å². The second-order valence-electron chi connectivity index (χ2n) is 14.3. The largest absolute Gasteiger partial charge is 0.208 e. The van der Waals surface area contributed by atoms with Crippen LogP contribution in [-0.2, 0) is 5.41 Å². The molecule has 0 saturated heterocycles. The molecule has 4 heteroatoms. The van der Waals surface area contributed by atoms with Crippen LogP contribution >= 0.6 is 0 Å². The van der Waals surface area contributed by atoms with Crippen LogP contribution in [0, 0.1) is 29.1 Å². The lowest BCUT2D eigenvalue weighted by Crippen LogP contribution is -2.48. The van der Waals surface area contributed by atoms with Crippen molar-refractivity contribution in [2.45, 2.75) is 43.9 Å². The Labute approximate surface area is 282 Å². The standard InChI is InChI=1S/C44H36N4/c45-28-29-11-13-34(14-12-29)40-24-37(17-20-39(40)33-7-3-1-4-8-33)43-47-41(35-9-5-2-6-10-35)46-42(48-43)36-15-18-38(19-16-36)44-25-30-21-31(26-44)23-32(22-30)27-44/h1-20,24,30-32H,21-23,25-27H2. The molecule has 0 unspecified atom stereocenters. The highest BCUT2D eigenvalue weighted by molar-refractivity contribution is 5.86. The second kappa shape index (κ2) is 11.7. The maximum atomic E-state index is 9.42. The highest BCUT2D eigenvalue weighted by Gasteiger charge is 2.51. The van der Waals surface area contributed by atoms with E-state index in [9.17, 15) is 5.26 Å². The quantitative estimate of drug-likeness (QED) is 0.186. The monoisotopic (exact) mass is 620 g/mol. The van der Waals surface area contributed by atoms with Gasteiger partial charge in [0.2, 0.25) is 0 Å². The van der Waals surface area contributed by atoms with E-state index in [-0.39, 0.29) is 0 Å². The molecule has 4 fully saturated rings. The van der Waals surface area contributed by atoms with Gasteiger partial charge in [0.15, 0.2) is 17.5 Å². The van der Waals surface area contributed by atoms with Crippen LogP contribution < -0.4 is 0 Å². The molecule has 4 saturated carbocycles. The molecule has 4 nitrogen and oxygen atoms in total. The van der Waals surface area contributed by atoms with Gasteiger partial charge in [-0.3, -0.25) is 0 Å². The number of nitrogens with zero attached hydrogens (tertiary/aromatic N) is 4. The highest BCUT2D eigenvalue weighted by atomic mass is 15.0. The number of aromatic nitrogens is 3. The molecule has 0 spiro atoms. The molecule has 4 bridgehead atoms. The molecule has 0 atom stereocenters. The fourth-order valence-corrected chi connectivity index (χ4v) is 9.30. The van der Waals surface area contributed by atoms with Crippen LogP contribution in [0.25, 0.3) is 56.4 Å². The SMILES string of the molecule is N#Cc1ccc(-c2cc(-c3nc(-c4ccccc4)nc(-c4ccc(C56CC7CC(CC(C7)C5)C6)cc4)n3)ccc2-c2ccccc2)cc1. The molecule has 0 aliphatic heterocycles. The van der Waals surface area contributed by atoms with Gasteiger partial charge in [-0.1, -0.05) is 109 Å². The Morgan fingerprint density at radius 1 is 0.479 bits per heavy atom. The zero-order valence-corrected chi connectivity index (χ0v) is 26.9. The van der Waals surface area contributed by atoms with E-state index >= 15 is 0 Å². The molecule has 10 rings (SSSR count). The molecule has 1 heterocycles. The Morgan fingerprint density at radius 2 is 0.938 bits per heavy atom. The third-order valence-corrected chi connectivity index (χ3v) is 11.1. The summed E-state index contributed by atoms with van der Waals surface area (Å²) in [4.78, 5) is 15.2. The Morgan fingerprint density at radius 3 is 1.50 bits per heavy atom. The van der Waals surface area contributed by atoms with Crippen molar-refractivity contribution in [2.24, 2.45) is 17.8 Å². The predicted molar refractivity (Wildman–Crippen MR) is 192 cm³/mol. The maximum absolute atomic E-state index is 9.42. The van der Waals surface area contributed by atoms with Gasteiger partial charge in [-0.2, -0.15) is 5.26 Å². The number of hydrogen-bond donors (Lipinski definition) is 0. The van der Waals surface area contributed by atoms with Gasteiger partial charge in [0.05, 0.1) is 11.6 Å². The number of nitriles is 1. The summed E-state index contributed by atoms with van der Waals surface area (Å²) in [5, 5.41) is 9.42. The lowest BCUT2D eigenvalue weighted by atomic mass is 9.48. The molecule has 5 aromatic carbocycles. The van der Waals surface area contributed by atoms with E-state index in [2.05, 4.69) is 84.9 Å². The first kappa shape index (κ1) is 28.8. The fourth-order valence-electron chi connectivity index (χ4n) is 9.30. The van der Waals surface area contributed by atoms with Crippen LogP contribution in [0.3, 0.4) is 0 Å². The predicted octanol–water partition coefficient (Wildman–Crippen LogP) is 10.5. The summed E-state index contributed by atoms with van der Waals surface area (Å²) in [7, 11) is 0. The minimum Gasteiger partial charge on any atom is -0.208 e. The third-order valence-electron chi connectivity index (χ3n) is 11.1. The van der Waals surface area contributed by atoms with Gasteiger partial charge in [-0.05, 0) is 108 Å². The van der Waals surface area contributed by atoms with Crippen LogP contribution in [0.15, 0.2) is 127 Å². The molecule has 6 aromatic rings. The van der Waals surface area contributed by atoms with Crippen molar-refractivity contribution < 1.29 is 0 Å². The zero-order valence-electron chi connectivity index (χ0n) is 26.9. The summed E-state index contributed by atoms with van der Waals surface area (Å²) in [5.74, 6) is 4.73. The Balaban J connectivity index is 1.14. The van der Waals surface area contributed by atoms with Gasteiger partial charge in [0.1, 0.15) is 0 Å². The second-order valence-corrected chi connectivity index (χ2v) is 14.3. The van der Waals surface area contributed by atoms with Crippen LogP contribution in [0.5, 0.6) is 0 Å². The summed E-state index contributed by atoms with van der Waals surface area (Å²) >= 11 is 0. The van der Waals surface area contributed by atoms with Crippen molar-refractivity contribution in [1.82, 2.24) is 15.0 Å². The third kappa shape index (κ3) is 5.20. The van der Waals surface area contributed by atoms with Gasteiger partial charge in [0.25, 0.3) is 0 Å². The van der Waals surface area contributed by atoms with E-state index in [0.29, 0.717) is 28.5 Å². The van der Waals surface area contributed by atoms with Gasteiger partial charge in [-0.25, -0.2) is 15.0 Å². The average molecular weight is 621 g/mol. The molecule has 48 heavy (non-hydrogen) atoms. The van der Waals surface area contributed by atoms with Crippen LogP contribution in [0.4, 0.5) is 0 Å². The minimum absolute atomic E-state index is 0.356. The van der Waals surface area contributed by atoms with Crippen molar-refractivity contribution in [1.29, 1.82) is 5.26 Å². The normalized spacial score (nSPS) is 22.4. The van der Waals surface area contributed by atoms with E-state index in [4.69, 9.17) is 15.0 Å². The molecule has 232 valence electrons. The van der Waals surface area contributed by atoms with Crippen molar-refractivity contribution in [2.75, 3.05) is 0 Å². The first-order chi connectivity index (χ1) is 23.6. The highest BCUT2D eigenvalue weighted by Crippen LogP contribution is 2.60. The van der Waals surface area contributed by atoms with Crippen molar-refractivity contribution in [3.8, 4) is 62.5 Å². The van der Waals surface area contributed by atoms with Gasteiger partial charge in [-0.15, -0.1) is 0 Å². The van der Waals surface area contributed by atoms with Gasteiger partial charge < -0.3 is 0 Å². The van der Waals surface area contributed by atoms with E-state index in [0.717, 1.165) is 56.7 Å². The van der Waals surface area contributed by atoms with Gasteiger partial charge in [0, 0.05) is 16.7 Å². The molecular weight excluding hydrogens is 585 g/mol. The van der Waals surface area contributed by atoms with E-state index in [1.54, 1.807) is 0 Å². The van der Waals surface area contributed by atoms with Crippen molar-refractivity contribution >= 4 is 0 Å². The minimum atomic E-state index is 0.356. The van der Waals surface area contributed by atoms with Crippen molar-refractivity contribution in [3.63, 3.8) is 0 Å². The first-order valence-corrected chi connectivity index (χ1v) is 17.3. The lowest BCUT2D eigenvalue weighted by Gasteiger charge is -2.57. The molecule has 4 aliphatic carbocycles. The number of hydrogen-bond acceptors (Lipinski definition) is 4. The summed E-state index contributed by atoms with van der Waals surface area (Å²) in [6.07, 6.45) is 8.41. The topological polar surface area (TPSA) is 62.5 Å². The molecule has 0 N–H and O–H groups in total. The fraction of sp³-hybridized carbons (Fsp3) is 0.227. The number of benzene rings is 5. The van der Waals surface area contributed by atoms with Crippen LogP contribution in [-0.4, -0.2) is 15.0 Å². The summed E-state index contributed by atoms with van der Waals surface area (Å²) < 4.78 is 0. The molecule has 4 aliphatic rings. The summed E-state index contributed by atoms with van der Waals surface area (Å²) in [6.45, 7) is 0. The Kier molecular flexibility index (Phi) is 7.01. The average Bonchev–Trinajstić information content (AvgIpc) is 3.15. The summed E-state index contributed by atoms with van der Waals surface area (Å²) in [5.41, 5.74) is 9.73. The molecule has 1 aromatic heterocycles. The maximum Gasteiger partial charge on any atom is 0.164 e. The number of rotatable bonds is 6. The van der Waals surface area contributed by atoms with Gasteiger partial charge >= 0.3 is 0 Å². The first-order valence-electron chi connectivity index (χ1n) is 17.3. The Bertz CT molecular complexity index is 2110. The zero-order chi connectivity index (χ0) is 32.1. The van der Waals surface area contributed by atoms with E-state index < -0.39 is 0 Å². The van der Waals surface area contributed by atoms with Crippen LogP contribution in [0.2, 0.25) is 0 Å². The van der Waals surface area contributed by atoms with Crippen molar-refractivity contribution in [3.05, 3.63) is 139 Å². The molecule has 0 amide bonds. The molecular formula is C44H36N4. The lowest BCUT2D eigenvalue weighted by molar-refractivity contribution is -0.00518. The Hall–Kier alpha value is -5.40. The smallest absolute Gasteiger partial charge is 0.164 e.